The molecule has 1 saturated heterocycles. The van der Waals surface area contributed by atoms with Crippen molar-refractivity contribution in [3.8, 4) is 0 Å². The molecule has 0 radical (unpaired) electrons. The SMILES string of the molecule is CC(C)[C@H](C)NC(=O)[C@@H](NC(=O)c1ccccc1)C1CCN(C(=O)c2cccs2)CC1. The van der Waals surface area contributed by atoms with Crippen molar-refractivity contribution in [2.75, 3.05) is 13.1 Å². The summed E-state index contributed by atoms with van der Waals surface area (Å²) in [4.78, 5) is 41.1. The number of likely N-dealkylation sites (tertiary alicyclic amines) is 1. The second kappa shape index (κ2) is 10.6. The molecule has 6 nitrogen and oxygen atoms in total. The summed E-state index contributed by atoms with van der Waals surface area (Å²) in [6.45, 7) is 7.23. The molecule has 0 bridgehead atoms. The van der Waals surface area contributed by atoms with Gasteiger partial charge in [0.25, 0.3) is 11.8 Å². The van der Waals surface area contributed by atoms with Gasteiger partial charge in [-0.25, -0.2) is 0 Å². The first-order chi connectivity index (χ1) is 14.9. The molecular formula is C24H31N3O3S. The number of hydrogen-bond acceptors (Lipinski definition) is 4. The summed E-state index contributed by atoms with van der Waals surface area (Å²) in [5.41, 5.74) is 0.530. The van der Waals surface area contributed by atoms with E-state index in [4.69, 9.17) is 0 Å². The van der Waals surface area contributed by atoms with E-state index < -0.39 is 6.04 Å². The van der Waals surface area contributed by atoms with Crippen LogP contribution in [-0.2, 0) is 4.79 Å². The Kier molecular flexibility index (Phi) is 7.85. The minimum Gasteiger partial charge on any atom is -0.352 e. The maximum atomic E-state index is 13.1. The zero-order chi connectivity index (χ0) is 22.4. The molecule has 166 valence electrons. The Morgan fingerprint density at radius 1 is 0.968 bits per heavy atom. The number of carbonyl (C=O) groups is 3. The lowest BCUT2D eigenvalue weighted by Crippen LogP contribution is -2.55. The molecule has 2 heterocycles. The van der Waals surface area contributed by atoms with Gasteiger partial charge >= 0.3 is 0 Å². The number of rotatable bonds is 7. The summed E-state index contributed by atoms with van der Waals surface area (Å²) in [6.07, 6.45) is 1.33. The molecule has 2 atom stereocenters. The predicted molar refractivity (Wildman–Crippen MR) is 123 cm³/mol. The van der Waals surface area contributed by atoms with E-state index in [1.54, 1.807) is 24.3 Å². The minimum atomic E-state index is -0.632. The summed E-state index contributed by atoms with van der Waals surface area (Å²) in [7, 11) is 0. The lowest BCUT2D eigenvalue weighted by Gasteiger charge is -2.36. The Hall–Kier alpha value is -2.67. The number of piperidine rings is 1. The molecule has 3 amide bonds. The second-order valence-electron chi connectivity index (χ2n) is 8.47. The number of carbonyl (C=O) groups excluding carboxylic acids is 3. The van der Waals surface area contributed by atoms with Gasteiger partial charge in [-0.05, 0) is 55.2 Å². The van der Waals surface area contributed by atoms with E-state index in [1.807, 2.05) is 35.4 Å². The van der Waals surface area contributed by atoms with Gasteiger partial charge in [0.05, 0.1) is 4.88 Å². The van der Waals surface area contributed by atoms with E-state index in [-0.39, 0.29) is 29.7 Å². The van der Waals surface area contributed by atoms with Gasteiger partial charge < -0.3 is 15.5 Å². The largest absolute Gasteiger partial charge is 0.352 e. The third-order valence-electron chi connectivity index (χ3n) is 6.01. The standard InChI is InChI=1S/C24H31N3O3S/c1-16(2)17(3)25-23(29)21(26-22(28)19-8-5-4-6-9-19)18-11-13-27(14-12-18)24(30)20-10-7-15-31-20/h4-10,15-18,21H,11-14H2,1-3H3,(H,25,29)(H,26,28)/t17-,21-/m0/s1. The fourth-order valence-electron chi connectivity index (χ4n) is 3.68. The van der Waals surface area contributed by atoms with Crippen molar-refractivity contribution in [2.45, 2.75) is 45.7 Å². The molecule has 1 aromatic carbocycles. The fraction of sp³-hybridized carbons (Fsp3) is 0.458. The normalized spacial score (nSPS) is 16.6. The van der Waals surface area contributed by atoms with Crippen LogP contribution in [-0.4, -0.2) is 47.8 Å². The van der Waals surface area contributed by atoms with Gasteiger partial charge in [-0.1, -0.05) is 38.1 Å². The molecule has 1 aliphatic rings. The van der Waals surface area contributed by atoms with Gasteiger partial charge in [-0.3, -0.25) is 14.4 Å². The van der Waals surface area contributed by atoms with Crippen LogP contribution in [0.1, 0.15) is 53.6 Å². The van der Waals surface area contributed by atoms with Crippen LogP contribution in [0.4, 0.5) is 0 Å². The summed E-state index contributed by atoms with van der Waals surface area (Å²) in [5, 5.41) is 7.92. The maximum Gasteiger partial charge on any atom is 0.263 e. The van der Waals surface area contributed by atoms with Gasteiger partial charge in [-0.15, -0.1) is 11.3 Å². The average Bonchev–Trinajstić information content (AvgIpc) is 3.32. The van der Waals surface area contributed by atoms with Crippen LogP contribution < -0.4 is 10.6 Å². The second-order valence-corrected chi connectivity index (χ2v) is 9.41. The van der Waals surface area contributed by atoms with Crippen molar-refractivity contribution in [1.82, 2.24) is 15.5 Å². The smallest absolute Gasteiger partial charge is 0.263 e. The summed E-state index contributed by atoms with van der Waals surface area (Å²) in [5.74, 6) is -0.112. The van der Waals surface area contributed by atoms with Crippen LogP contribution in [0.2, 0.25) is 0 Å². The van der Waals surface area contributed by atoms with Crippen LogP contribution in [0, 0.1) is 11.8 Å². The zero-order valence-corrected chi connectivity index (χ0v) is 19.2. The Bertz CT molecular complexity index is 875. The molecule has 0 spiro atoms. The highest BCUT2D eigenvalue weighted by Gasteiger charge is 2.35. The Morgan fingerprint density at radius 3 is 2.23 bits per heavy atom. The average molecular weight is 442 g/mol. The van der Waals surface area contributed by atoms with E-state index in [2.05, 4.69) is 24.5 Å². The van der Waals surface area contributed by atoms with Crippen molar-refractivity contribution in [3.05, 3.63) is 58.3 Å². The van der Waals surface area contributed by atoms with E-state index in [0.29, 0.717) is 37.4 Å². The number of amides is 3. The molecule has 1 aliphatic heterocycles. The fourth-order valence-corrected chi connectivity index (χ4v) is 4.38. The number of nitrogens with zero attached hydrogens (tertiary/aromatic N) is 1. The first kappa shape index (κ1) is 23.0. The zero-order valence-electron chi connectivity index (χ0n) is 18.3. The van der Waals surface area contributed by atoms with Gasteiger partial charge in [0, 0.05) is 24.7 Å². The van der Waals surface area contributed by atoms with Crippen LogP contribution in [0.3, 0.4) is 0 Å². The summed E-state index contributed by atoms with van der Waals surface area (Å²) in [6, 6.07) is 12.0. The molecule has 2 aromatic rings. The molecular weight excluding hydrogens is 410 g/mol. The van der Waals surface area contributed by atoms with Crippen molar-refractivity contribution in [1.29, 1.82) is 0 Å². The van der Waals surface area contributed by atoms with E-state index in [0.717, 1.165) is 4.88 Å². The van der Waals surface area contributed by atoms with Crippen LogP contribution in [0.5, 0.6) is 0 Å². The molecule has 2 N–H and O–H groups in total. The van der Waals surface area contributed by atoms with Gasteiger partial charge in [0.1, 0.15) is 6.04 Å². The molecule has 1 aromatic heterocycles. The van der Waals surface area contributed by atoms with Gasteiger partial charge in [0.2, 0.25) is 5.91 Å². The first-order valence-electron chi connectivity index (χ1n) is 10.9. The van der Waals surface area contributed by atoms with E-state index in [1.165, 1.54) is 11.3 Å². The maximum absolute atomic E-state index is 13.1. The van der Waals surface area contributed by atoms with E-state index in [9.17, 15) is 14.4 Å². The molecule has 0 aliphatic carbocycles. The lowest BCUT2D eigenvalue weighted by molar-refractivity contribution is -0.125. The van der Waals surface area contributed by atoms with Crippen LogP contribution in [0.15, 0.2) is 47.8 Å². The number of benzene rings is 1. The first-order valence-corrected chi connectivity index (χ1v) is 11.7. The minimum absolute atomic E-state index is 0.00382. The van der Waals surface area contributed by atoms with Gasteiger partial charge in [0.15, 0.2) is 0 Å². The highest BCUT2D eigenvalue weighted by molar-refractivity contribution is 7.12. The predicted octanol–water partition coefficient (Wildman–Crippen LogP) is 3.56. The topological polar surface area (TPSA) is 78.5 Å². The summed E-state index contributed by atoms with van der Waals surface area (Å²) >= 11 is 1.44. The van der Waals surface area contributed by atoms with Crippen molar-refractivity contribution in [2.24, 2.45) is 11.8 Å². The Labute approximate surface area is 188 Å². The monoisotopic (exact) mass is 441 g/mol. The number of nitrogens with one attached hydrogen (secondary N) is 2. The van der Waals surface area contributed by atoms with Crippen LogP contribution in [0.25, 0.3) is 0 Å². The number of thiophene rings is 1. The van der Waals surface area contributed by atoms with Crippen LogP contribution >= 0.6 is 11.3 Å². The Balaban J connectivity index is 1.69. The third kappa shape index (κ3) is 5.94. The summed E-state index contributed by atoms with van der Waals surface area (Å²) < 4.78 is 0. The third-order valence-corrected chi connectivity index (χ3v) is 6.86. The van der Waals surface area contributed by atoms with Crippen molar-refractivity contribution < 1.29 is 14.4 Å². The molecule has 1 fully saturated rings. The quantitative estimate of drug-likeness (QED) is 0.690. The van der Waals surface area contributed by atoms with E-state index >= 15 is 0 Å². The molecule has 3 rings (SSSR count). The van der Waals surface area contributed by atoms with Gasteiger partial charge in [-0.2, -0.15) is 0 Å². The number of hydrogen-bond donors (Lipinski definition) is 2. The highest BCUT2D eigenvalue weighted by atomic mass is 32.1. The lowest BCUT2D eigenvalue weighted by atomic mass is 9.88. The highest BCUT2D eigenvalue weighted by Crippen LogP contribution is 2.24. The molecule has 0 unspecified atom stereocenters. The Morgan fingerprint density at radius 2 is 1.65 bits per heavy atom. The van der Waals surface area contributed by atoms with Crippen molar-refractivity contribution >= 4 is 29.1 Å². The molecule has 7 heteroatoms. The van der Waals surface area contributed by atoms with Crippen molar-refractivity contribution in [3.63, 3.8) is 0 Å². The molecule has 31 heavy (non-hydrogen) atoms. The molecule has 0 saturated carbocycles.